The van der Waals surface area contributed by atoms with Crippen molar-refractivity contribution in [1.82, 2.24) is 0 Å². The van der Waals surface area contributed by atoms with E-state index in [2.05, 4.69) is 112 Å². The number of hydrogen-bond acceptors (Lipinski definition) is 0. The third kappa shape index (κ3) is 14.7. The molecule has 2 aliphatic rings. The van der Waals surface area contributed by atoms with Crippen LogP contribution >= 0.6 is 48.0 Å². The first-order chi connectivity index (χ1) is 19.6. The van der Waals surface area contributed by atoms with Gasteiger partial charge in [-0.15, -0.1) is 30.4 Å². The topological polar surface area (TPSA) is 0 Å². The number of allylic oxidation sites excluding steroid dienone is 4. The van der Waals surface area contributed by atoms with Crippen LogP contribution in [0, 0.1) is 41.5 Å². The summed E-state index contributed by atoms with van der Waals surface area (Å²) in [5, 5.41) is 1.48. The van der Waals surface area contributed by atoms with Crippen LogP contribution in [0.1, 0.15) is 45.7 Å². The van der Waals surface area contributed by atoms with Crippen molar-refractivity contribution in [2.45, 2.75) is 41.0 Å². The zero-order valence-electron chi connectivity index (χ0n) is 25.5. The Morgan fingerprint density at radius 3 is 1.74 bits per heavy atom. The van der Waals surface area contributed by atoms with E-state index in [1.165, 1.54) is 52.1 Å². The van der Waals surface area contributed by atoms with Crippen LogP contribution in [0.25, 0.3) is 11.1 Å². The molecule has 0 spiro atoms. The second kappa shape index (κ2) is 21.9. The fourth-order valence-electron chi connectivity index (χ4n) is 4.07. The van der Waals surface area contributed by atoms with E-state index in [0.29, 0.717) is 11.8 Å². The van der Waals surface area contributed by atoms with Crippen LogP contribution in [0.2, 0.25) is 10.0 Å². The molecule has 4 aromatic carbocycles. The van der Waals surface area contributed by atoms with Crippen LogP contribution < -0.4 is 0 Å². The second-order valence-electron chi connectivity index (χ2n) is 10.8. The van der Waals surface area contributed by atoms with Gasteiger partial charge in [-0.1, -0.05) is 97.3 Å². The van der Waals surface area contributed by atoms with Crippen molar-refractivity contribution in [3.63, 3.8) is 0 Å². The molecule has 0 aromatic heterocycles. The molecule has 0 nitrogen and oxygen atoms in total. The minimum Gasteiger partial charge on any atom is -0.179 e. The quantitative estimate of drug-likeness (QED) is 0.151. The van der Waals surface area contributed by atoms with Crippen LogP contribution in [0.4, 0.5) is 0 Å². The Bertz CT molecular complexity index is 1290. The van der Waals surface area contributed by atoms with Gasteiger partial charge in [-0.05, 0) is 6.42 Å². The fourth-order valence-corrected chi connectivity index (χ4v) is 4.34. The second-order valence-corrected chi connectivity index (χ2v) is 11.7. The number of halogens is 4. The number of hydrogen-bond donors (Lipinski definition) is 0. The summed E-state index contributed by atoms with van der Waals surface area (Å²) >= 11 is 12.3. The summed E-state index contributed by atoms with van der Waals surface area (Å²) in [6.45, 7) is 11.2. The van der Waals surface area contributed by atoms with Crippen molar-refractivity contribution in [1.29, 1.82) is 0 Å². The van der Waals surface area contributed by atoms with Gasteiger partial charge in [0.25, 0.3) is 0 Å². The summed E-state index contributed by atoms with van der Waals surface area (Å²) in [6.07, 6.45) is 8.95. The maximum absolute atomic E-state index is 5.51. The third-order valence-electron chi connectivity index (χ3n) is 6.33. The van der Waals surface area contributed by atoms with E-state index >= 15 is 0 Å². The first-order valence-corrected chi connectivity index (χ1v) is 16.1. The molecule has 0 aliphatic heterocycles. The molecule has 1 atom stereocenters. The first-order valence-electron chi connectivity index (χ1n) is 13.6. The Kier molecular flexibility index (Phi) is 21.0. The van der Waals surface area contributed by atoms with E-state index in [4.69, 9.17) is 23.2 Å². The van der Waals surface area contributed by atoms with Crippen LogP contribution in [-0.2, 0) is 30.7 Å². The molecule has 0 heterocycles. The van der Waals surface area contributed by atoms with E-state index < -0.39 is 0 Å². The van der Waals surface area contributed by atoms with Gasteiger partial charge in [-0.25, -0.2) is 6.08 Å². The van der Waals surface area contributed by atoms with Crippen LogP contribution in [0.5, 0.6) is 0 Å². The van der Waals surface area contributed by atoms with E-state index in [0.717, 1.165) is 16.5 Å². The molecule has 43 heavy (non-hydrogen) atoms. The van der Waals surface area contributed by atoms with Crippen molar-refractivity contribution < 1.29 is 24.2 Å². The Morgan fingerprint density at radius 2 is 1.33 bits per heavy atom. The molecule has 0 bridgehead atoms. The summed E-state index contributed by atoms with van der Waals surface area (Å²) in [6, 6.07) is 38.2. The van der Waals surface area contributed by atoms with E-state index in [1.54, 1.807) is 12.1 Å². The van der Waals surface area contributed by atoms with Crippen LogP contribution in [-0.4, -0.2) is 4.21 Å². The molecule has 0 fully saturated rings. The molecular weight excluding hydrogens is 689 g/mol. The summed E-state index contributed by atoms with van der Waals surface area (Å²) in [5.41, 5.74) is 7.23. The van der Waals surface area contributed by atoms with Crippen molar-refractivity contribution >= 4 is 52.2 Å². The minimum absolute atomic E-state index is 0. The SMILES string of the molecule is CC(C)C1[C-]=CC(C(C)(C)C)=C1.Cl.Cl.Clc1c[c-]ccc1.Clc1c[c-]ccc1.[CH2]=[Zr].[c-]1cccc2c1Cc1ccccc1-2. The van der Waals surface area contributed by atoms with Crippen molar-refractivity contribution in [3.8, 4) is 11.1 Å². The molecule has 0 saturated carbocycles. The largest absolute Gasteiger partial charge is 0.179 e. The van der Waals surface area contributed by atoms with Crippen LogP contribution in [0.15, 0.2) is 109 Å². The zero-order valence-corrected chi connectivity index (χ0v) is 31.1. The molecule has 2 aliphatic carbocycles. The summed E-state index contributed by atoms with van der Waals surface area (Å²) in [4.78, 5) is 0. The summed E-state index contributed by atoms with van der Waals surface area (Å²) in [5.74, 6) is 1.22. The maximum Gasteiger partial charge on any atom is -0.0253 e. The minimum atomic E-state index is 0. The Balaban J connectivity index is 0.000000546. The standard InChI is InChI=1S/C13H9.C12H19.2C6H4Cl.CH2.2ClH.Zr/c1-3-7-12-10(5-1)9-11-6-2-4-8-13(11)12;1-9(2)10-6-7-11(8-10)12(3,4)5;2*7-6-4-2-1-3-5-6;;;;/h1-5,7-8H,9H2;7-10H,1-5H3;2*1-2,4-5H;1H2;2*1H;/q4*-1;;;;. The van der Waals surface area contributed by atoms with Gasteiger partial charge in [0.2, 0.25) is 0 Å². The van der Waals surface area contributed by atoms with Gasteiger partial charge < -0.3 is 0 Å². The van der Waals surface area contributed by atoms with Gasteiger partial charge in [-0.3, -0.25) is 6.08 Å². The Hall–Kier alpha value is -1.73. The summed E-state index contributed by atoms with van der Waals surface area (Å²) in [7, 11) is 0. The Morgan fingerprint density at radius 1 is 0.791 bits per heavy atom. The van der Waals surface area contributed by atoms with E-state index in [-0.39, 0.29) is 30.2 Å². The Labute approximate surface area is 297 Å². The third-order valence-corrected chi connectivity index (χ3v) is 6.80. The van der Waals surface area contributed by atoms with Gasteiger partial charge in [-0.2, -0.15) is 125 Å². The van der Waals surface area contributed by atoms with Gasteiger partial charge >= 0.3 is 28.4 Å². The first kappa shape index (κ1) is 41.3. The van der Waals surface area contributed by atoms with Crippen molar-refractivity contribution in [2.24, 2.45) is 17.3 Å². The predicted octanol–water partition coefficient (Wildman–Crippen LogP) is 11.8. The molecule has 0 saturated heterocycles. The number of rotatable bonds is 1. The van der Waals surface area contributed by atoms with Crippen molar-refractivity contribution in [3.05, 3.63) is 154 Å². The number of benzene rings is 4. The molecule has 5 heteroatoms. The van der Waals surface area contributed by atoms with Crippen molar-refractivity contribution in [2.75, 3.05) is 0 Å². The van der Waals surface area contributed by atoms with Gasteiger partial charge in [0.15, 0.2) is 0 Å². The van der Waals surface area contributed by atoms with Gasteiger partial charge in [0.1, 0.15) is 0 Å². The molecule has 0 N–H and O–H groups in total. The van der Waals surface area contributed by atoms with Gasteiger partial charge in [0.05, 0.1) is 0 Å². The molecule has 1 unspecified atom stereocenters. The van der Waals surface area contributed by atoms with Gasteiger partial charge in [0, 0.05) is 0 Å². The smallest absolute Gasteiger partial charge is 0.0253 e. The molecule has 0 amide bonds. The zero-order chi connectivity index (χ0) is 30.3. The fraction of sp³-hybridized carbons (Fsp3) is 0.237. The molecular formula is C38H40Cl4Zr-4. The average Bonchev–Trinajstić information content (AvgIpc) is 3.62. The predicted molar refractivity (Wildman–Crippen MR) is 189 cm³/mol. The number of fused-ring (bicyclic) bond motifs is 3. The molecule has 4 aromatic rings. The van der Waals surface area contributed by atoms with E-state index in [9.17, 15) is 0 Å². The monoisotopic (exact) mass is 726 g/mol. The normalized spacial score (nSPS) is 13.2. The maximum atomic E-state index is 5.51. The molecule has 6 rings (SSSR count). The molecule has 0 radical (unpaired) electrons. The molecule has 228 valence electrons. The van der Waals surface area contributed by atoms with E-state index in [1.807, 2.05) is 42.5 Å². The average molecular weight is 730 g/mol. The summed E-state index contributed by atoms with van der Waals surface area (Å²) < 4.78 is 3.34. The van der Waals surface area contributed by atoms with Crippen LogP contribution in [0.3, 0.4) is 0 Å².